The highest BCUT2D eigenvalue weighted by atomic mass is 35.5. The Hall–Kier alpha value is -1.85. The second kappa shape index (κ2) is 8.44. The van der Waals surface area contributed by atoms with E-state index in [1.54, 1.807) is 22.0 Å². The fourth-order valence-corrected chi connectivity index (χ4v) is 2.06. The number of rotatable bonds is 6. The Kier molecular flexibility index (Phi) is 6.91. The molecule has 0 saturated heterocycles. The molecule has 1 aromatic carbocycles. The highest BCUT2D eigenvalue weighted by molar-refractivity contribution is 5.92. The van der Waals surface area contributed by atoms with E-state index in [1.807, 2.05) is 25.2 Å². The fourth-order valence-electron chi connectivity index (χ4n) is 2.06. The molecule has 1 amide bonds. The maximum Gasteiger partial charge on any atom is 0.274 e. The number of aryl methyl sites for hydroxylation is 1. The first-order valence-electron chi connectivity index (χ1n) is 6.72. The van der Waals surface area contributed by atoms with Crippen molar-refractivity contribution in [2.24, 2.45) is 12.8 Å². The standard InChI is InChI=1S/C15H20N4O.ClH/c1-18-11-14(17-12-18)15(20)19(10-8-16)9-7-13-5-3-2-4-6-13;/h2-6,11-12H,7-10,16H2,1H3;1H. The van der Waals surface area contributed by atoms with E-state index in [-0.39, 0.29) is 18.3 Å². The topological polar surface area (TPSA) is 64.2 Å². The van der Waals surface area contributed by atoms with Crippen LogP contribution in [0.1, 0.15) is 16.1 Å². The van der Waals surface area contributed by atoms with Gasteiger partial charge in [0, 0.05) is 32.9 Å². The predicted molar refractivity (Wildman–Crippen MR) is 85.6 cm³/mol. The van der Waals surface area contributed by atoms with Crippen molar-refractivity contribution in [1.82, 2.24) is 14.5 Å². The van der Waals surface area contributed by atoms with Gasteiger partial charge in [-0.05, 0) is 12.0 Å². The van der Waals surface area contributed by atoms with Gasteiger partial charge in [0.25, 0.3) is 5.91 Å². The summed E-state index contributed by atoms with van der Waals surface area (Å²) in [5.74, 6) is -0.0630. The number of carbonyl (C=O) groups excluding carboxylic acids is 1. The molecule has 0 aliphatic carbocycles. The quantitative estimate of drug-likeness (QED) is 0.879. The van der Waals surface area contributed by atoms with Gasteiger partial charge in [-0.2, -0.15) is 0 Å². The molecule has 2 N–H and O–H groups in total. The first-order chi connectivity index (χ1) is 9.70. The van der Waals surface area contributed by atoms with Gasteiger partial charge in [-0.1, -0.05) is 30.3 Å². The maximum atomic E-state index is 12.4. The molecule has 1 aromatic heterocycles. The van der Waals surface area contributed by atoms with E-state index in [2.05, 4.69) is 17.1 Å². The molecular weight excluding hydrogens is 288 g/mol. The van der Waals surface area contributed by atoms with Crippen LogP contribution < -0.4 is 5.73 Å². The molecule has 0 bridgehead atoms. The van der Waals surface area contributed by atoms with Crippen molar-refractivity contribution >= 4 is 18.3 Å². The normalized spacial score (nSPS) is 10.0. The number of nitrogens with two attached hydrogens (primary N) is 1. The number of halogens is 1. The summed E-state index contributed by atoms with van der Waals surface area (Å²) in [6.07, 6.45) is 4.18. The van der Waals surface area contributed by atoms with Crippen molar-refractivity contribution < 1.29 is 4.79 Å². The van der Waals surface area contributed by atoms with Gasteiger partial charge in [-0.3, -0.25) is 4.79 Å². The zero-order valence-corrected chi connectivity index (χ0v) is 12.9. The molecule has 1 heterocycles. The van der Waals surface area contributed by atoms with E-state index >= 15 is 0 Å². The van der Waals surface area contributed by atoms with Gasteiger partial charge in [-0.15, -0.1) is 12.4 Å². The molecule has 2 rings (SSSR count). The summed E-state index contributed by atoms with van der Waals surface area (Å²) in [6, 6.07) is 10.1. The van der Waals surface area contributed by atoms with Gasteiger partial charge < -0.3 is 15.2 Å². The Bertz CT molecular complexity index is 556. The third kappa shape index (κ3) is 4.88. The molecule has 0 atom stereocenters. The maximum absolute atomic E-state index is 12.4. The van der Waals surface area contributed by atoms with Crippen molar-refractivity contribution in [2.45, 2.75) is 6.42 Å². The van der Waals surface area contributed by atoms with E-state index in [1.165, 1.54) is 5.56 Å². The van der Waals surface area contributed by atoms with Crippen LogP contribution in [0.5, 0.6) is 0 Å². The molecule has 0 aliphatic heterocycles. The van der Waals surface area contributed by atoms with Gasteiger partial charge in [0.05, 0.1) is 6.33 Å². The van der Waals surface area contributed by atoms with Crippen LogP contribution in [0.25, 0.3) is 0 Å². The van der Waals surface area contributed by atoms with E-state index in [9.17, 15) is 4.79 Å². The second-order valence-electron chi connectivity index (χ2n) is 4.74. The zero-order chi connectivity index (χ0) is 14.4. The lowest BCUT2D eigenvalue weighted by Crippen LogP contribution is -2.37. The van der Waals surface area contributed by atoms with E-state index in [0.29, 0.717) is 25.3 Å². The molecule has 0 radical (unpaired) electrons. The molecular formula is C15H21ClN4O. The van der Waals surface area contributed by atoms with Gasteiger partial charge in [0.15, 0.2) is 0 Å². The lowest BCUT2D eigenvalue weighted by molar-refractivity contribution is 0.0756. The summed E-state index contributed by atoms with van der Waals surface area (Å²) in [7, 11) is 1.85. The first kappa shape index (κ1) is 17.2. The predicted octanol–water partition coefficient (Wildman–Crippen LogP) is 1.49. The van der Waals surface area contributed by atoms with Crippen molar-refractivity contribution in [1.29, 1.82) is 0 Å². The van der Waals surface area contributed by atoms with Gasteiger partial charge in [0.2, 0.25) is 0 Å². The molecule has 6 heteroatoms. The number of amides is 1. The zero-order valence-electron chi connectivity index (χ0n) is 12.1. The van der Waals surface area contributed by atoms with Crippen LogP contribution >= 0.6 is 12.4 Å². The average molecular weight is 309 g/mol. The van der Waals surface area contributed by atoms with Crippen molar-refractivity contribution in [3.63, 3.8) is 0 Å². The molecule has 0 aliphatic rings. The average Bonchev–Trinajstić information content (AvgIpc) is 2.90. The Morgan fingerprint density at radius 3 is 2.57 bits per heavy atom. The summed E-state index contributed by atoms with van der Waals surface area (Å²) in [4.78, 5) is 18.2. The van der Waals surface area contributed by atoms with Gasteiger partial charge in [0.1, 0.15) is 5.69 Å². The molecule has 0 saturated carbocycles. The van der Waals surface area contributed by atoms with Crippen LogP contribution in [0.3, 0.4) is 0 Å². The minimum Gasteiger partial charge on any atom is -0.340 e. The number of aromatic nitrogens is 2. The van der Waals surface area contributed by atoms with Crippen LogP contribution in [0, 0.1) is 0 Å². The number of hydrogen-bond donors (Lipinski definition) is 1. The number of carbonyl (C=O) groups is 1. The van der Waals surface area contributed by atoms with Crippen molar-refractivity contribution in [2.75, 3.05) is 19.6 Å². The SMILES string of the molecule is Cl.Cn1cnc(C(=O)N(CCN)CCc2ccccc2)c1. The molecule has 5 nitrogen and oxygen atoms in total. The third-order valence-corrected chi connectivity index (χ3v) is 3.12. The Morgan fingerprint density at radius 1 is 1.29 bits per heavy atom. The monoisotopic (exact) mass is 308 g/mol. The van der Waals surface area contributed by atoms with E-state index in [4.69, 9.17) is 5.73 Å². The summed E-state index contributed by atoms with van der Waals surface area (Å²) in [5.41, 5.74) is 7.28. The highest BCUT2D eigenvalue weighted by Gasteiger charge is 2.17. The van der Waals surface area contributed by atoms with Crippen LogP contribution in [0.2, 0.25) is 0 Å². The lowest BCUT2D eigenvalue weighted by Gasteiger charge is -2.21. The Labute approximate surface area is 131 Å². The third-order valence-electron chi connectivity index (χ3n) is 3.12. The summed E-state index contributed by atoms with van der Waals surface area (Å²) in [5, 5.41) is 0. The van der Waals surface area contributed by atoms with Gasteiger partial charge >= 0.3 is 0 Å². The molecule has 114 valence electrons. The van der Waals surface area contributed by atoms with Gasteiger partial charge in [-0.25, -0.2) is 4.98 Å². The molecule has 0 spiro atoms. The first-order valence-corrected chi connectivity index (χ1v) is 6.72. The minimum atomic E-state index is -0.0630. The summed E-state index contributed by atoms with van der Waals surface area (Å²) in [6.45, 7) is 1.65. The van der Waals surface area contributed by atoms with E-state index in [0.717, 1.165) is 6.42 Å². The summed E-state index contributed by atoms with van der Waals surface area (Å²) < 4.78 is 1.77. The minimum absolute atomic E-state index is 0. The summed E-state index contributed by atoms with van der Waals surface area (Å²) >= 11 is 0. The fraction of sp³-hybridized carbons (Fsp3) is 0.333. The number of hydrogen-bond acceptors (Lipinski definition) is 3. The largest absolute Gasteiger partial charge is 0.340 e. The van der Waals surface area contributed by atoms with Crippen molar-refractivity contribution in [3.05, 3.63) is 54.1 Å². The number of nitrogens with zero attached hydrogens (tertiary/aromatic N) is 3. The van der Waals surface area contributed by atoms with Crippen molar-refractivity contribution in [3.8, 4) is 0 Å². The molecule has 2 aromatic rings. The Balaban J connectivity index is 0.00000220. The lowest BCUT2D eigenvalue weighted by atomic mass is 10.1. The smallest absolute Gasteiger partial charge is 0.274 e. The van der Waals surface area contributed by atoms with Crippen LogP contribution in [0.4, 0.5) is 0 Å². The van der Waals surface area contributed by atoms with Crippen LogP contribution in [-0.4, -0.2) is 40.0 Å². The molecule has 0 fully saturated rings. The number of benzene rings is 1. The highest BCUT2D eigenvalue weighted by Crippen LogP contribution is 2.05. The molecule has 21 heavy (non-hydrogen) atoms. The Morgan fingerprint density at radius 2 is 2.00 bits per heavy atom. The molecule has 0 unspecified atom stereocenters. The second-order valence-corrected chi connectivity index (χ2v) is 4.74. The van der Waals surface area contributed by atoms with Crippen LogP contribution in [0.15, 0.2) is 42.9 Å². The number of imidazole rings is 1. The van der Waals surface area contributed by atoms with E-state index < -0.39 is 0 Å². The van der Waals surface area contributed by atoms with Crippen LogP contribution in [-0.2, 0) is 13.5 Å².